The van der Waals surface area contributed by atoms with Crippen molar-refractivity contribution in [1.82, 2.24) is 15.2 Å². The molecular weight excluding hydrogens is 429 g/mol. The number of benzene rings is 1. The van der Waals surface area contributed by atoms with Gasteiger partial charge in [0.25, 0.3) is 0 Å². The van der Waals surface area contributed by atoms with Gasteiger partial charge >= 0.3 is 12.0 Å². The lowest BCUT2D eigenvalue weighted by molar-refractivity contribution is -0.141. The first-order chi connectivity index (χ1) is 14.4. The smallest absolute Gasteiger partial charge is 0.325 e. The van der Waals surface area contributed by atoms with Crippen LogP contribution in [0.1, 0.15) is 18.5 Å². The van der Waals surface area contributed by atoms with E-state index in [0.717, 1.165) is 5.56 Å². The Balaban J connectivity index is 1.81. The first kappa shape index (κ1) is 22.0. The van der Waals surface area contributed by atoms with E-state index in [9.17, 15) is 9.59 Å². The summed E-state index contributed by atoms with van der Waals surface area (Å²) in [5, 5.41) is 3.68. The van der Waals surface area contributed by atoms with Crippen LogP contribution in [0.2, 0.25) is 10.0 Å². The number of rotatable bonds is 5. The SMILES string of the molecule is CCOC(=O)CNC(=O)N1CCN(c2ncc(Cl)cc2N)C(c2ccc(Cl)cc2)C1. The number of carbonyl (C=O) groups excluding carboxylic acids is 2. The lowest BCUT2D eigenvalue weighted by atomic mass is 10.0. The summed E-state index contributed by atoms with van der Waals surface area (Å²) in [6.45, 7) is 3.11. The van der Waals surface area contributed by atoms with Gasteiger partial charge in [0.2, 0.25) is 0 Å². The number of nitrogens with zero attached hydrogens (tertiary/aromatic N) is 3. The van der Waals surface area contributed by atoms with Crippen LogP contribution >= 0.6 is 23.2 Å². The number of esters is 1. The molecule has 0 radical (unpaired) electrons. The Labute approximate surface area is 184 Å². The Morgan fingerprint density at radius 1 is 1.23 bits per heavy atom. The minimum absolute atomic E-state index is 0.176. The number of aromatic nitrogens is 1. The van der Waals surface area contributed by atoms with Gasteiger partial charge in [0, 0.05) is 30.9 Å². The minimum atomic E-state index is -0.475. The number of piperazine rings is 1. The van der Waals surface area contributed by atoms with Crippen molar-refractivity contribution in [3.63, 3.8) is 0 Å². The summed E-state index contributed by atoms with van der Waals surface area (Å²) in [6.07, 6.45) is 1.55. The second kappa shape index (κ2) is 9.86. The molecule has 1 aromatic carbocycles. The third-order valence-electron chi connectivity index (χ3n) is 4.75. The molecule has 160 valence electrons. The van der Waals surface area contributed by atoms with Crippen molar-refractivity contribution in [1.29, 1.82) is 0 Å². The number of nitrogens with one attached hydrogen (secondary N) is 1. The Bertz CT molecular complexity index is 910. The van der Waals surface area contributed by atoms with Crippen molar-refractivity contribution >= 4 is 46.7 Å². The molecular formula is C20H23Cl2N5O3. The maximum Gasteiger partial charge on any atom is 0.325 e. The van der Waals surface area contributed by atoms with Crippen LogP contribution in [-0.4, -0.2) is 54.7 Å². The molecule has 2 heterocycles. The zero-order valence-corrected chi connectivity index (χ0v) is 18.0. The number of hydrogen-bond acceptors (Lipinski definition) is 6. The molecule has 1 aliphatic rings. The molecule has 8 nitrogen and oxygen atoms in total. The van der Waals surface area contributed by atoms with Crippen molar-refractivity contribution in [3.05, 3.63) is 52.1 Å². The van der Waals surface area contributed by atoms with E-state index in [0.29, 0.717) is 41.2 Å². The fraction of sp³-hybridized carbons (Fsp3) is 0.350. The predicted molar refractivity (Wildman–Crippen MR) is 117 cm³/mol. The van der Waals surface area contributed by atoms with Crippen LogP contribution in [-0.2, 0) is 9.53 Å². The van der Waals surface area contributed by atoms with Crippen LogP contribution in [0, 0.1) is 0 Å². The molecule has 1 aromatic heterocycles. The molecule has 1 aliphatic heterocycles. The van der Waals surface area contributed by atoms with E-state index in [1.807, 2.05) is 17.0 Å². The van der Waals surface area contributed by atoms with Gasteiger partial charge in [-0.25, -0.2) is 9.78 Å². The van der Waals surface area contributed by atoms with Crippen LogP contribution in [0.5, 0.6) is 0 Å². The van der Waals surface area contributed by atoms with Gasteiger partial charge in [-0.05, 0) is 30.7 Å². The van der Waals surface area contributed by atoms with Gasteiger partial charge in [0.15, 0.2) is 5.82 Å². The Morgan fingerprint density at radius 2 is 1.97 bits per heavy atom. The zero-order chi connectivity index (χ0) is 21.7. The third-order valence-corrected chi connectivity index (χ3v) is 5.20. The molecule has 2 aromatic rings. The summed E-state index contributed by atoms with van der Waals surface area (Å²) >= 11 is 12.0. The summed E-state index contributed by atoms with van der Waals surface area (Å²) in [5.74, 6) is 0.128. The van der Waals surface area contributed by atoms with Gasteiger partial charge < -0.3 is 25.6 Å². The number of anilines is 2. The number of nitrogen functional groups attached to an aromatic ring is 1. The van der Waals surface area contributed by atoms with Crippen molar-refractivity contribution in [2.24, 2.45) is 0 Å². The molecule has 0 aliphatic carbocycles. The van der Waals surface area contributed by atoms with Crippen molar-refractivity contribution in [3.8, 4) is 0 Å². The van der Waals surface area contributed by atoms with Crippen LogP contribution in [0.15, 0.2) is 36.5 Å². The Morgan fingerprint density at radius 3 is 2.63 bits per heavy atom. The molecule has 0 spiro atoms. The van der Waals surface area contributed by atoms with Gasteiger partial charge in [0.1, 0.15) is 6.54 Å². The molecule has 3 N–H and O–H groups in total. The van der Waals surface area contributed by atoms with E-state index in [-0.39, 0.29) is 25.2 Å². The highest BCUT2D eigenvalue weighted by Gasteiger charge is 2.32. The summed E-state index contributed by atoms with van der Waals surface area (Å²) in [6, 6.07) is 8.53. The van der Waals surface area contributed by atoms with Crippen LogP contribution in [0.4, 0.5) is 16.3 Å². The van der Waals surface area contributed by atoms with Crippen molar-refractivity contribution in [2.75, 3.05) is 43.4 Å². The molecule has 0 saturated carbocycles. The van der Waals surface area contributed by atoms with Gasteiger partial charge in [0.05, 0.1) is 23.4 Å². The molecule has 1 atom stereocenters. The van der Waals surface area contributed by atoms with Crippen molar-refractivity contribution in [2.45, 2.75) is 13.0 Å². The maximum atomic E-state index is 12.6. The van der Waals surface area contributed by atoms with E-state index in [2.05, 4.69) is 10.3 Å². The summed E-state index contributed by atoms with van der Waals surface area (Å²) in [5.41, 5.74) is 7.58. The molecule has 10 heteroatoms. The number of pyridine rings is 1. The number of halogens is 2. The van der Waals surface area contributed by atoms with E-state index >= 15 is 0 Å². The number of amides is 2. The number of urea groups is 1. The van der Waals surface area contributed by atoms with Gasteiger partial charge in [-0.2, -0.15) is 0 Å². The number of hydrogen-bond donors (Lipinski definition) is 2. The minimum Gasteiger partial charge on any atom is -0.465 e. The van der Waals surface area contributed by atoms with Gasteiger partial charge in [-0.15, -0.1) is 0 Å². The number of ether oxygens (including phenoxy) is 1. The second-order valence-corrected chi connectivity index (χ2v) is 7.61. The van der Waals surface area contributed by atoms with E-state index in [4.69, 9.17) is 33.7 Å². The first-order valence-corrected chi connectivity index (χ1v) is 10.3. The topological polar surface area (TPSA) is 101 Å². The fourth-order valence-electron chi connectivity index (χ4n) is 3.35. The van der Waals surface area contributed by atoms with Crippen LogP contribution in [0.25, 0.3) is 0 Å². The lowest BCUT2D eigenvalue weighted by Crippen LogP contribution is -2.54. The molecule has 3 rings (SSSR count). The standard InChI is InChI=1S/C20H23Cl2N5O3/c1-2-30-18(28)11-25-20(29)26-7-8-27(19-16(23)9-15(22)10-24-19)17(12-26)13-3-5-14(21)6-4-13/h3-6,9-10,17H,2,7-8,11-12,23H2,1H3,(H,25,29). The van der Waals surface area contributed by atoms with Crippen LogP contribution in [0.3, 0.4) is 0 Å². The van der Waals surface area contributed by atoms with E-state index < -0.39 is 5.97 Å². The van der Waals surface area contributed by atoms with Gasteiger partial charge in [-0.1, -0.05) is 35.3 Å². The van der Waals surface area contributed by atoms with E-state index in [1.165, 1.54) is 0 Å². The predicted octanol–water partition coefficient (Wildman–Crippen LogP) is 3.11. The monoisotopic (exact) mass is 451 g/mol. The molecule has 30 heavy (non-hydrogen) atoms. The largest absolute Gasteiger partial charge is 0.465 e. The fourth-order valence-corrected chi connectivity index (χ4v) is 3.64. The molecule has 2 amide bonds. The zero-order valence-electron chi connectivity index (χ0n) is 16.5. The molecule has 1 saturated heterocycles. The lowest BCUT2D eigenvalue weighted by Gasteiger charge is -2.42. The number of carbonyl (C=O) groups is 2. The van der Waals surface area contributed by atoms with E-state index in [1.54, 1.807) is 36.2 Å². The quantitative estimate of drug-likeness (QED) is 0.677. The Hall–Kier alpha value is -2.71. The molecule has 1 unspecified atom stereocenters. The summed E-state index contributed by atoms with van der Waals surface area (Å²) in [7, 11) is 0. The highest BCUT2D eigenvalue weighted by molar-refractivity contribution is 6.31. The maximum absolute atomic E-state index is 12.6. The second-order valence-electron chi connectivity index (χ2n) is 6.74. The normalized spacial score (nSPS) is 16.3. The summed E-state index contributed by atoms with van der Waals surface area (Å²) in [4.78, 5) is 32.2. The van der Waals surface area contributed by atoms with Gasteiger partial charge in [-0.3, -0.25) is 4.79 Å². The van der Waals surface area contributed by atoms with Crippen molar-refractivity contribution < 1.29 is 14.3 Å². The summed E-state index contributed by atoms with van der Waals surface area (Å²) < 4.78 is 4.85. The highest BCUT2D eigenvalue weighted by Crippen LogP contribution is 2.34. The Kier molecular flexibility index (Phi) is 7.23. The average molecular weight is 452 g/mol. The average Bonchev–Trinajstić information content (AvgIpc) is 2.73. The molecule has 0 bridgehead atoms. The van der Waals surface area contributed by atoms with Crippen LogP contribution < -0.4 is 16.0 Å². The third kappa shape index (κ3) is 5.25. The first-order valence-electron chi connectivity index (χ1n) is 9.50. The number of nitrogens with two attached hydrogens (primary N) is 1. The highest BCUT2D eigenvalue weighted by atomic mass is 35.5. The molecule has 1 fully saturated rings.